The molecule has 28 heavy (non-hydrogen) atoms. The summed E-state index contributed by atoms with van der Waals surface area (Å²) in [4.78, 5) is 12.8. The molecule has 0 aliphatic carbocycles. The van der Waals surface area contributed by atoms with Gasteiger partial charge in [-0.3, -0.25) is 4.79 Å². The summed E-state index contributed by atoms with van der Waals surface area (Å²) in [6.45, 7) is 2.84. The van der Waals surface area contributed by atoms with Gasteiger partial charge in [-0.15, -0.1) is 10.2 Å². The summed E-state index contributed by atoms with van der Waals surface area (Å²) in [7, 11) is -3.50. The molecule has 0 unspecified atom stereocenters. The average Bonchev–Trinajstić information content (AvgIpc) is 3.16. The Balaban J connectivity index is 1.51. The highest BCUT2D eigenvalue weighted by atomic mass is 32.2. The first-order valence-corrected chi connectivity index (χ1v) is 11.9. The van der Waals surface area contributed by atoms with Gasteiger partial charge < -0.3 is 5.32 Å². The lowest BCUT2D eigenvalue weighted by Gasteiger charge is -2.30. The zero-order valence-corrected chi connectivity index (χ0v) is 17.6. The number of carbonyl (C=O) groups is 1. The van der Waals surface area contributed by atoms with E-state index >= 15 is 0 Å². The van der Waals surface area contributed by atoms with E-state index < -0.39 is 10.0 Å². The number of amides is 1. The molecule has 7 nitrogen and oxygen atoms in total. The molecule has 2 aromatic rings. The standard InChI is InChI=1S/C19H26N4O3S2/c1-2-3-5-10-17-21-22-19(27-17)20-18(24)15-11-13-23(14-12-15)28(25,26)16-8-6-4-7-9-16/h4,6-9,15H,2-3,5,10-14H2,1H3,(H,20,22,24). The smallest absolute Gasteiger partial charge is 0.243 e. The molecular formula is C19H26N4O3S2. The molecule has 1 N–H and O–H groups in total. The van der Waals surface area contributed by atoms with Gasteiger partial charge in [0.15, 0.2) is 0 Å². The maximum absolute atomic E-state index is 12.7. The van der Waals surface area contributed by atoms with Crippen LogP contribution in [-0.2, 0) is 21.2 Å². The zero-order valence-electron chi connectivity index (χ0n) is 16.0. The van der Waals surface area contributed by atoms with Crippen LogP contribution in [-0.4, -0.2) is 41.9 Å². The van der Waals surface area contributed by atoms with Crippen molar-refractivity contribution in [3.8, 4) is 0 Å². The number of nitrogens with one attached hydrogen (secondary N) is 1. The second-order valence-corrected chi connectivity index (χ2v) is 9.94. The quantitative estimate of drug-likeness (QED) is 0.659. The molecule has 1 amide bonds. The van der Waals surface area contributed by atoms with Crippen molar-refractivity contribution < 1.29 is 13.2 Å². The normalized spacial score (nSPS) is 16.2. The van der Waals surface area contributed by atoms with Gasteiger partial charge in [-0.2, -0.15) is 4.31 Å². The van der Waals surface area contributed by atoms with Gasteiger partial charge in [-0.1, -0.05) is 49.3 Å². The average molecular weight is 423 g/mol. The lowest BCUT2D eigenvalue weighted by Crippen LogP contribution is -2.41. The summed E-state index contributed by atoms with van der Waals surface area (Å²) in [5.41, 5.74) is 0. The van der Waals surface area contributed by atoms with E-state index in [1.165, 1.54) is 15.6 Å². The Labute approximate surface area is 170 Å². The van der Waals surface area contributed by atoms with E-state index in [0.717, 1.165) is 30.7 Å². The van der Waals surface area contributed by atoms with Gasteiger partial charge in [-0.05, 0) is 31.4 Å². The van der Waals surface area contributed by atoms with Crippen LogP contribution in [0.3, 0.4) is 0 Å². The van der Waals surface area contributed by atoms with E-state index in [0.29, 0.717) is 36.0 Å². The summed E-state index contributed by atoms with van der Waals surface area (Å²) < 4.78 is 26.8. The van der Waals surface area contributed by atoms with Crippen molar-refractivity contribution in [2.45, 2.75) is 50.3 Å². The van der Waals surface area contributed by atoms with E-state index in [2.05, 4.69) is 22.4 Å². The Morgan fingerprint density at radius 1 is 1.18 bits per heavy atom. The molecule has 0 saturated carbocycles. The van der Waals surface area contributed by atoms with Crippen LogP contribution in [0.4, 0.5) is 5.13 Å². The van der Waals surface area contributed by atoms with Gasteiger partial charge in [0.05, 0.1) is 4.90 Å². The first kappa shape index (κ1) is 20.9. The van der Waals surface area contributed by atoms with Gasteiger partial charge in [-0.25, -0.2) is 8.42 Å². The molecule has 1 fully saturated rings. The summed E-state index contributed by atoms with van der Waals surface area (Å²) in [5, 5.41) is 12.5. The molecule has 1 aromatic carbocycles. The van der Waals surface area contributed by atoms with Crippen LogP contribution in [0.1, 0.15) is 44.0 Å². The van der Waals surface area contributed by atoms with Crippen molar-refractivity contribution in [3.05, 3.63) is 35.3 Å². The highest BCUT2D eigenvalue weighted by Gasteiger charge is 2.32. The Morgan fingerprint density at radius 2 is 1.89 bits per heavy atom. The fraction of sp³-hybridized carbons (Fsp3) is 0.526. The van der Waals surface area contributed by atoms with Crippen LogP contribution in [0.25, 0.3) is 0 Å². The minimum absolute atomic E-state index is 0.104. The molecule has 0 atom stereocenters. The monoisotopic (exact) mass is 422 g/mol. The van der Waals surface area contributed by atoms with E-state index in [-0.39, 0.29) is 11.8 Å². The summed E-state index contributed by atoms with van der Waals surface area (Å²) in [6.07, 6.45) is 5.28. The molecule has 2 heterocycles. The predicted molar refractivity (Wildman–Crippen MR) is 110 cm³/mol. The van der Waals surface area contributed by atoms with Crippen molar-refractivity contribution >= 4 is 32.4 Å². The molecule has 1 aromatic heterocycles. The predicted octanol–water partition coefficient (Wildman–Crippen LogP) is 3.31. The van der Waals surface area contributed by atoms with Gasteiger partial charge in [0.1, 0.15) is 5.01 Å². The molecule has 1 saturated heterocycles. The number of piperidine rings is 1. The van der Waals surface area contributed by atoms with E-state index in [9.17, 15) is 13.2 Å². The molecule has 1 aliphatic rings. The largest absolute Gasteiger partial charge is 0.300 e. The minimum atomic E-state index is -3.50. The summed E-state index contributed by atoms with van der Waals surface area (Å²) >= 11 is 1.42. The molecule has 152 valence electrons. The van der Waals surface area contributed by atoms with Crippen LogP contribution >= 0.6 is 11.3 Å². The Hall–Kier alpha value is -1.84. The number of nitrogens with zero attached hydrogens (tertiary/aromatic N) is 3. The van der Waals surface area contributed by atoms with E-state index in [1.807, 2.05) is 0 Å². The van der Waals surface area contributed by atoms with Crippen LogP contribution in [0.2, 0.25) is 0 Å². The van der Waals surface area contributed by atoms with Crippen molar-refractivity contribution in [1.29, 1.82) is 0 Å². The minimum Gasteiger partial charge on any atom is -0.300 e. The summed E-state index contributed by atoms with van der Waals surface area (Å²) in [5.74, 6) is -0.317. The van der Waals surface area contributed by atoms with Crippen LogP contribution < -0.4 is 5.32 Å². The number of benzene rings is 1. The first-order valence-electron chi connectivity index (χ1n) is 9.69. The molecule has 3 rings (SSSR count). The lowest BCUT2D eigenvalue weighted by molar-refractivity contribution is -0.120. The van der Waals surface area contributed by atoms with Crippen molar-refractivity contribution in [2.24, 2.45) is 5.92 Å². The summed E-state index contributed by atoms with van der Waals surface area (Å²) in [6, 6.07) is 8.42. The molecule has 1 aliphatic heterocycles. The Morgan fingerprint density at radius 3 is 2.57 bits per heavy atom. The lowest BCUT2D eigenvalue weighted by atomic mass is 9.97. The van der Waals surface area contributed by atoms with Gasteiger partial charge in [0.25, 0.3) is 0 Å². The number of hydrogen-bond acceptors (Lipinski definition) is 6. The maximum Gasteiger partial charge on any atom is 0.243 e. The van der Waals surface area contributed by atoms with Crippen molar-refractivity contribution in [1.82, 2.24) is 14.5 Å². The van der Waals surface area contributed by atoms with Crippen molar-refractivity contribution in [2.75, 3.05) is 18.4 Å². The Bertz CT molecular complexity index is 876. The number of carbonyl (C=O) groups excluding carboxylic acids is 1. The number of rotatable bonds is 8. The van der Waals surface area contributed by atoms with E-state index in [1.54, 1.807) is 30.3 Å². The molecule has 9 heteroatoms. The molecule has 0 bridgehead atoms. The second kappa shape index (κ2) is 9.58. The Kier molecular flexibility index (Phi) is 7.14. The topological polar surface area (TPSA) is 92.3 Å². The van der Waals surface area contributed by atoms with Gasteiger partial charge in [0, 0.05) is 25.4 Å². The third kappa shape index (κ3) is 5.15. The maximum atomic E-state index is 12.7. The number of aryl methyl sites for hydroxylation is 1. The number of hydrogen-bond donors (Lipinski definition) is 1. The number of aromatic nitrogens is 2. The zero-order chi connectivity index (χ0) is 20.0. The van der Waals surface area contributed by atoms with Crippen molar-refractivity contribution in [3.63, 3.8) is 0 Å². The highest BCUT2D eigenvalue weighted by molar-refractivity contribution is 7.89. The van der Waals surface area contributed by atoms with Crippen LogP contribution in [0.5, 0.6) is 0 Å². The number of sulfonamides is 1. The fourth-order valence-electron chi connectivity index (χ4n) is 3.24. The molecule has 0 spiro atoms. The number of anilines is 1. The SMILES string of the molecule is CCCCCc1nnc(NC(=O)C2CCN(S(=O)(=O)c3ccccc3)CC2)s1. The third-order valence-electron chi connectivity index (χ3n) is 4.90. The molecule has 0 radical (unpaired) electrons. The highest BCUT2D eigenvalue weighted by Crippen LogP contribution is 2.25. The number of unbranched alkanes of at least 4 members (excludes halogenated alkanes) is 2. The fourth-order valence-corrected chi connectivity index (χ4v) is 5.51. The van der Waals surface area contributed by atoms with Gasteiger partial charge >= 0.3 is 0 Å². The third-order valence-corrected chi connectivity index (χ3v) is 7.71. The second-order valence-electron chi connectivity index (χ2n) is 6.94. The first-order chi connectivity index (χ1) is 13.5. The van der Waals surface area contributed by atoms with Crippen LogP contribution in [0.15, 0.2) is 35.2 Å². The molecular weight excluding hydrogens is 396 g/mol. The van der Waals surface area contributed by atoms with Gasteiger partial charge in [0.2, 0.25) is 21.1 Å². The van der Waals surface area contributed by atoms with E-state index in [4.69, 9.17) is 0 Å². The van der Waals surface area contributed by atoms with Crippen LogP contribution in [0, 0.1) is 5.92 Å².